The van der Waals surface area contributed by atoms with E-state index in [1.165, 1.54) is 6.08 Å². The summed E-state index contributed by atoms with van der Waals surface area (Å²) in [6, 6.07) is 5.37. The minimum atomic E-state index is -0.219. The van der Waals surface area contributed by atoms with Crippen LogP contribution >= 0.6 is 0 Å². The van der Waals surface area contributed by atoms with Crippen molar-refractivity contribution in [2.24, 2.45) is 5.92 Å². The average Bonchev–Trinajstić information content (AvgIpc) is 3.41. The molecule has 0 radical (unpaired) electrons. The highest BCUT2D eigenvalue weighted by Gasteiger charge is 2.28. The van der Waals surface area contributed by atoms with Crippen LogP contribution in [-0.4, -0.2) is 39.1 Å². The van der Waals surface area contributed by atoms with Crippen LogP contribution in [0.5, 0.6) is 11.5 Å². The smallest absolute Gasteiger partial charge is 0.244 e. The molecule has 2 rings (SSSR count). The van der Waals surface area contributed by atoms with Crippen molar-refractivity contribution in [1.29, 1.82) is 0 Å². The summed E-state index contributed by atoms with van der Waals surface area (Å²) in [6.07, 6.45) is 5.07. The monoisotopic (exact) mass is 318 g/mol. The summed E-state index contributed by atoms with van der Waals surface area (Å²) in [4.78, 5) is 23.2. The lowest BCUT2D eigenvalue weighted by Crippen LogP contribution is -2.34. The lowest BCUT2D eigenvalue weighted by molar-refractivity contribution is -0.122. The third kappa shape index (κ3) is 5.32. The van der Waals surface area contributed by atoms with E-state index in [4.69, 9.17) is 9.47 Å². The molecule has 1 aromatic rings. The molecule has 0 bridgehead atoms. The Bertz CT molecular complexity index is 594. The van der Waals surface area contributed by atoms with Gasteiger partial charge in [-0.25, -0.2) is 0 Å². The lowest BCUT2D eigenvalue weighted by Gasteiger charge is -2.07. The standard InChI is InChI=1S/C17H22N2O4/c1-22-14-7-5-12(15(11-14)23-2)6-8-16(20)18-9-10-19-17(21)13-3-4-13/h5-8,11,13H,3-4,9-10H2,1-2H3,(H,18,20)(H,19,21). The van der Waals surface area contributed by atoms with E-state index in [9.17, 15) is 9.59 Å². The van der Waals surface area contributed by atoms with E-state index in [1.54, 1.807) is 32.4 Å². The number of nitrogens with one attached hydrogen (secondary N) is 2. The van der Waals surface area contributed by atoms with Crippen LogP contribution in [0.3, 0.4) is 0 Å². The molecule has 0 aliphatic heterocycles. The Morgan fingerprint density at radius 3 is 2.57 bits per heavy atom. The summed E-state index contributed by atoms with van der Waals surface area (Å²) in [5, 5.41) is 5.51. The van der Waals surface area contributed by atoms with Gasteiger partial charge in [-0.3, -0.25) is 9.59 Å². The maximum Gasteiger partial charge on any atom is 0.244 e. The first-order valence-corrected chi connectivity index (χ1v) is 7.59. The SMILES string of the molecule is COc1ccc(C=CC(=O)NCCNC(=O)C2CC2)c(OC)c1. The molecule has 1 aromatic carbocycles. The summed E-state index contributed by atoms with van der Waals surface area (Å²) >= 11 is 0. The zero-order valence-electron chi connectivity index (χ0n) is 13.4. The highest BCUT2D eigenvalue weighted by molar-refractivity contribution is 5.92. The fourth-order valence-electron chi connectivity index (χ4n) is 2.04. The molecule has 2 amide bonds. The van der Waals surface area contributed by atoms with Gasteiger partial charge in [0.1, 0.15) is 11.5 Å². The summed E-state index contributed by atoms with van der Waals surface area (Å²) in [7, 11) is 3.15. The molecule has 124 valence electrons. The van der Waals surface area contributed by atoms with E-state index < -0.39 is 0 Å². The van der Waals surface area contributed by atoms with Crippen LogP contribution in [0.25, 0.3) is 6.08 Å². The number of carbonyl (C=O) groups excluding carboxylic acids is 2. The number of hydrogen-bond donors (Lipinski definition) is 2. The predicted octanol–water partition coefficient (Wildman–Crippen LogP) is 1.36. The Hall–Kier alpha value is -2.50. The summed E-state index contributed by atoms with van der Waals surface area (Å²) in [5.41, 5.74) is 0.783. The Morgan fingerprint density at radius 2 is 1.91 bits per heavy atom. The molecule has 6 heteroatoms. The predicted molar refractivity (Wildman–Crippen MR) is 87.3 cm³/mol. The molecule has 0 heterocycles. The van der Waals surface area contributed by atoms with Crippen molar-refractivity contribution in [2.75, 3.05) is 27.3 Å². The minimum absolute atomic E-state index is 0.0813. The van der Waals surface area contributed by atoms with Gasteiger partial charge < -0.3 is 20.1 Å². The maximum absolute atomic E-state index is 11.8. The molecule has 1 aliphatic carbocycles. The lowest BCUT2D eigenvalue weighted by atomic mass is 10.1. The second-order valence-corrected chi connectivity index (χ2v) is 5.30. The van der Waals surface area contributed by atoms with Crippen molar-refractivity contribution < 1.29 is 19.1 Å². The Kier molecular flexibility index (Phi) is 6.02. The van der Waals surface area contributed by atoms with Crippen molar-refractivity contribution in [1.82, 2.24) is 10.6 Å². The molecule has 1 fully saturated rings. The highest BCUT2D eigenvalue weighted by atomic mass is 16.5. The quantitative estimate of drug-likeness (QED) is 0.560. The zero-order chi connectivity index (χ0) is 16.7. The fraction of sp³-hybridized carbons (Fsp3) is 0.412. The van der Waals surface area contributed by atoms with Gasteiger partial charge in [0, 0.05) is 36.7 Å². The van der Waals surface area contributed by atoms with Crippen molar-refractivity contribution in [3.8, 4) is 11.5 Å². The molecule has 1 saturated carbocycles. The van der Waals surface area contributed by atoms with Crippen LogP contribution in [0.15, 0.2) is 24.3 Å². The van der Waals surface area contributed by atoms with Crippen LogP contribution < -0.4 is 20.1 Å². The molecule has 23 heavy (non-hydrogen) atoms. The van der Waals surface area contributed by atoms with Gasteiger partial charge >= 0.3 is 0 Å². The van der Waals surface area contributed by atoms with Gasteiger partial charge in [-0.2, -0.15) is 0 Å². The second-order valence-electron chi connectivity index (χ2n) is 5.30. The largest absolute Gasteiger partial charge is 0.497 e. The summed E-state index contributed by atoms with van der Waals surface area (Å²) < 4.78 is 10.4. The van der Waals surface area contributed by atoms with Crippen LogP contribution in [0.1, 0.15) is 18.4 Å². The molecule has 0 atom stereocenters. The van der Waals surface area contributed by atoms with Gasteiger partial charge in [0.25, 0.3) is 0 Å². The molecular weight excluding hydrogens is 296 g/mol. The van der Waals surface area contributed by atoms with Crippen molar-refractivity contribution in [3.05, 3.63) is 29.8 Å². The van der Waals surface area contributed by atoms with Gasteiger partial charge in [0.05, 0.1) is 14.2 Å². The van der Waals surface area contributed by atoms with E-state index in [0.29, 0.717) is 24.6 Å². The van der Waals surface area contributed by atoms with E-state index in [2.05, 4.69) is 10.6 Å². The third-order valence-electron chi connectivity index (χ3n) is 3.53. The Balaban J connectivity index is 1.77. The number of carbonyl (C=O) groups is 2. The molecule has 6 nitrogen and oxygen atoms in total. The van der Waals surface area contributed by atoms with E-state index in [-0.39, 0.29) is 17.7 Å². The molecule has 0 unspecified atom stereocenters. The summed E-state index contributed by atoms with van der Waals surface area (Å²) in [6.45, 7) is 0.849. The molecular formula is C17H22N2O4. The number of amides is 2. The van der Waals surface area contributed by atoms with Gasteiger partial charge in [-0.1, -0.05) is 0 Å². The average molecular weight is 318 g/mol. The van der Waals surface area contributed by atoms with Crippen molar-refractivity contribution in [3.63, 3.8) is 0 Å². The highest BCUT2D eigenvalue weighted by Crippen LogP contribution is 2.28. The first-order chi connectivity index (χ1) is 11.1. The molecule has 0 spiro atoms. The molecule has 0 aromatic heterocycles. The molecule has 1 aliphatic rings. The van der Waals surface area contributed by atoms with Gasteiger partial charge in [-0.15, -0.1) is 0 Å². The number of methoxy groups -OCH3 is 2. The van der Waals surface area contributed by atoms with E-state index in [1.807, 2.05) is 6.07 Å². The van der Waals surface area contributed by atoms with E-state index >= 15 is 0 Å². The number of ether oxygens (including phenoxy) is 2. The Morgan fingerprint density at radius 1 is 1.17 bits per heavy atom. The third-order valence-corrected chi connectivity index (χ3v) is 3.53. The van der Waals surface area contributed by atoms with Crippen molar-refractivity contribution >= 4 is 17.9 Å². The molecule has 0 saturated heterocycles. The van der Waals surface area contributed by atoms with Gasteiger partial charge in [0.2, 0.25) is 11.8 Å². The second kappa shape index (κ2) is 8.22. The molecule has 2 N–H and O–H groups in total. The Labute approximate surface area is 135 Å². The fourth-order valence-corrected chi connectivity index (χ4v) is 2.04. The topological polar surface area (TPSA) is 76.7 Å². The first kappa shape index (κ1) is 16.9. The van der Waals surface area contributed by atoms with Gasteiger partial charge in [0.15, 0.2) is 0 Å². The summed E-state index contributed by atoms with van der Waals surface area (Å²) in [5.74, 6) is 1.37. The van der Waals surface area contributed by atoms with Crippen LogP contribution in [-0.2, 0) is 9.59 Å². The van der Waals surface area contributed by atoms with E-state index in [0.717, 1.165) is 18.4 Å². The normalized spacial score (nSPS) is 13.7. The number of benzene rings is 1. The number of rotatable bonds is 8. The van der Waals surface area contributed by atoms with Crippen LogP contribution in [0.4, 0.5) is 0 Å². The first-order valence-electron chi connectivity index (χ1n) is 7.59. The van der Waals surface area contributed by atoms with Crippen molar-refractivity contribution in [2.45, 2.75) is 12.8 Å². The van der Waals surface area contributed by atoms with Gasteiger partial charge in [-0.05, 0) is 31.1 Å². The van der Waals surface area contributed by atoms with Crippen LogP contribution in [0.2, 0.25) is 0 Å². The maximum atomic E-state index is 11.8. The van der Waals surface area contributed by atoms with Crippen LogP contribution in [0, 0.1) is 5.92 Å². The minimum Gasteiger partial charge on any atom is -0.497 e. The zero-order valence-corrected chi connectivity index (χ0v) is 13.4. The number of hydrogen-bond acceptors (Lipinski definition) is 4.